The molecule has 26 heavy (non-hydrogen) atoms. The number of benzene rings is 1. The maximum absolute atomic E-state index is 12.7. The topological polar surface area (TPSA) is 103 Å². The van der Waals surface area contributed by atoms with E-state index in [1.54, 1.807) is 26.0 Å². The fourth-order valence-electron chi connectivity index (χ4n) is 2.82. The van der Waals surface area contributed by atoms with Crippen molar-refractivity contribution in [3.8, 4) is 5.75 Å². The number of nitrogens with zero attached hydrogens (tertiary/aromatic N) is 3. The van der Waals surface area contributed by atoms with Gasteiger partial charge in [0.25, 0.3) is 5.56 Å². The maximum atomic E-state index is 12.7. The van der Waals surface area contributed by atoms with Crippen LogP contribution >= 0.6 is 15.9 Å². The number of aliphatic hydroxyl groups is 1. The van der Waals surface area contributed by atoms with Gasteiger partial charge in [-0.05, 0) is 40.5 Å². The van der Waals surface area contributed by atoms with Crippen LogP contribution in [0, 0.1) is 0 Å². The predicted octanol–water partition coefficient (Wildman–Crippen LogP) is 1.01. The summed E-state index contributed by atoms with van der Waals surface area (Å²) in [4.78, 5) is 26.8. The zero-order valence-corrected chi connectivity index (χ0v) is 16.6. The van der Waals surface area contributed by atoms with Crippen LogP contribution < -0.4 is 26.6 Å². The second kappa shape index (κ2) is 8.41. The minimum absolute atomic E-state index is 0.0276. The van der Waals surface area contributed by atoms with Crippen LogP contribution in [0.15, 0.2) is 32.3 Å². The minimum atomic E-state index is -0.520. The van der Waals surface area contributed by atoms with Gasteiger partial charge in [-0.15, -0.1) is 0 Å². The molecule has 1 heterocycles. The van der Waals surface area contributed by atoms with Gasteiger partial charge >= 0.3 is 5.69 Å². The van der Waals surface area contributed by atoms with Crippen molar-refractivity contribution in [2.75, 3.05) is 31.4 Å². The molecule has 0 amide bonds. The molecule has 8 nitrogen and oxygen atoms in total. The molecule has 3 N–H and O–H groups in total. The second-order valence-electron chi connectivity index (χ2n) is 5.77. The van der Waals surface area contributed by atoms with Crippen molar-refractivity contribution >= 4 is 27.4 Å². The largest absolute Gasteiger partial charge is 0.496 e. The number of halogens is 1. The molecule has 1 aromatic carbocycles. The molecule has 0 saturated heterocycles. The van der Waals surface area contributed by atoms with Crippen molar-refractivity contribution in [2.45, 2.75) is 26.6 Å². The highest BCUT2D eigenvalue weighted by Crippen LogP contribution is 2.27. The van der Waals surface area contributed by atoms with Crippen LogP contribution in [0.2, 0.25) is 0 Å². The number of anilines is 2. The fourth-order valence-corrected chi connectivity index (χ4v) is 3.40. The highest BCUT2D eigenvalue weighted by atomic mass is 79.9. The lowest BCUT2D eigenvalue weighted by Gasteiger charge is -2.23. The van der Waals surface area contributed by atoms with Gasteiger partial charge in [-0.1, -0.05) is 6.07 Å². The van der Waals surface area contributed by atoms with Gasteiger partial charge in [0.05, 0.1) is 24.7 Å². The Labute approximate surface area is 159 Å². The summed E-state index contributed by atoms with van der Waals surface area (Å²) in [6, 6.07) is 5.61. The number of nitrogen functional groups attached to an aromatic ring is 1. The Morgan fingerprint density at radius 2 is 2.00 bits per heavy atom. The van der Waals surface area contributed by atoms with E-state index >= 15 is 0 Å². The highest BCUT2D eigenvalue weighted by Gasteiger charge is 2.19. The normalized spacial score (nSPS) is 10.8. The molecule has 0 bridgehead atoms. The molecule has 0 aliphatic heterocycles. The lowest BCUT2D eigenvalue weighted by molar-refractivity contribution is 0.272. The van der Waals surface area contributed by atoms with Crippen molar-refractivity contribution in [3.63, 3.8) is 0 Å². The van der Waals surface area contributed by atoms with Gasteiger partial charge in [0.15, 0.2) is 0 Å². The number of ether oxygens (including phenoxy) is 1. The van der Waals surface area contributed by atoms with Crippen LogP contribution in [-0.4, -0.2) is 35.0 Å². The first-order valence-corrected chi connectivity index (χ1v) is 8.92. The number of hydrogen-bond donors (Lipinski definition) is 2. The van der Waals surface area contributed by atoms with Crippen molar-refractivity contribution in [2.24, 2.45) is 0 Å². The Morgan fingerprint density at radius 3 is 2.54 bits per heavy atom. The van der Waals surface area contributed by atoms with Gasteiger partial charge in [0.1, 0.15) is 17.3 Å². The quantitative estimate of drug-likeness (QED) is 0.684. The summed E-state index contributed by atoms with van der Waals surface area (Å²) in [5, 5.41) is 9.21. The number of hydrogen-bond acceptors (Lipinski definition) is 6. The second-order valence-corrected chi connectivity index (χ2v) is 6.62. The molecule has 0 radical (unpaired) electrons. The average Bonchev–Trinajstić information content (AvgIpc) is 2.59. The monoisotopic (exact) mass is 426 g/mol. The van der Waals surface area contributed by atoms with E-state index in [1.165, 1.54) is 4.57 Å². The fraction of sp³-hybridized carbons (Fsp3) is 0.412. The van der Waals surface area contributed by atoms with E-state index in [0.717, 1.165) is 14.6 Å². The first-order valence-electron chi connectivity index (χ1n) is 8.13. The zero-order valence-electron chi connectivity index (χ0n) is 15.0. The third kappa shape index (κ3) is 3.78. The van der Waals surface area contributed by atoms with E-state index in [9.17, 15) is 14.7 Å². The molecule has 1 aromatic heterocycles. The molecule has 2 aromatic rings. The Hall–Kier alpha value is -2.26. The lowest BCUT2D eigenvalue weighted by Crippen LogP contribution is -2.44. The van der Waals surface area contributed by atoms with Crippen LogP contribution in [0.1, 0.15) is 12.5 Å². The summed E-state index contributed by atoms with van der Waals surface area (Å²) in [5.41, 5.74) is 6.29. The van der Waals surface area contributed by atoms with Gasteiger partial charge in [-0.2, -0.15) is 0 Å². The SMILES string of the molecule is CCn1c(=O)c(N(C)Cc2ccc(OC)c(Br)c2)c(N)n(CCO)c1=O. The van der Waals surface area contributed by atoms with Crippen molar-refractivity contribution < 1.29 is 9.84 Å². The summed E-state index contributed by atoms with van der Waals surface area (Å²) >= 11 is 3.44. The standard InChI is InChI=1S/C17H23BrN4O4/c1-4-21-16(24)14(15(19)22(7-8-23)17(21)25)20(2)10-11-5-6-13(26-3)12(18)9-11/h5-6,9,23H,4,7-8,10,19H2,1-3H3. The molecule has 2 rings (SSSR count). The van der Waals surface area contributed by atoms with Crippen LogP contribution in [0.25, 0.3) is 0 Å². The number of aliphatic hydroxyl groups excluding tert-OH is 1. The average molecular weight is 427 g/mol. The number of rotatable bonds is 7. The predicted molar refractivity (Wildman–Crippen MR) is 105 cm³/mol. The van der Waals surface area contributed by atoms with Gasteiger partial charge in [-0.3, -0.25) is 13.9 Å². The lowest BCUT2D eigenvalue weighted by atomic mass is 10.2. The maximum Gasteiger partial charge on any atom is 0.332 e. The molecule has 0 aliphatic carbocycles. The summed E-state index contributed by atoms with van der Waals surface area (Å²) < 4.78 is 8.36. The molecule has 0 unspecified atom stereocenters. The Balaban J connectivity index is 2.49. The number of aromatic nitrogens is 2. The number of nitrogens with two attached hydrogens (primary N) is 1. The number of methoxy groups -OCH3 is 1. The van der Waals surface area contributed by atoms with E-state index in [0.29, 0.717) is 12.3 Å². The first kappa shape index (κ1) is 20.1. The van der Waals surface area contributed by atoms with E-state index < -0.39 is 11.2 Å². The molecule has 0 saturated carbocycles. The van der Waals surface area contributed by atoms with Crippen LogP contribution in [0.3, 0.4) is 0 Å². The van der Waals surface area contributed by atoms with E-state index in [-0.39, 0.29) is 31.2 Å². The van der Waals surface area contributed by atoms with Crippen molar-refractivity contribution in [1.29, 1.82) is 0 Å². The third-order valence-corrected chi connectivity index (χ3v) is 4.72. The Bertz CT molecular complexity index is 907. The first-order chi connectivity index (χ1) is 12.3. The molecule has 0 atom stereocenters. The summed E-state index contributed by atoms with van der Waals surface area (Å²) in [7, 11) is 3.32. The van der Waals surface area contributed by atoms with Gasteiger partial charge in [0.2, 0.25) is 0 Å². The molecule has 142 valence electrons. The van der Waals surface area contributed by atoms with E-state index in [1.807, 2.05) is 18.2 Å². The van der Waals surface area contributed by atoms with Gasteiger partial charge in [-0.25, -0.2) is 4.79 Å². The molecule has 0 aliphatic rings. The van der Waals surface area contributed by atoms with Crippen LogP contribution in [0.4, 0.5) is 11.5 Å². The van der Waals surface area contributed by atoms with Crippen molar-refractivity contribution in [3.05, 3.63) is 49.1 Å². The molecular formula is C17H23BrN4O4. The van der Waals surface area contributed by atoms with Crippen LogP contribution in [0.5, 0.6) is 5.75 Å². The van der Waals surface area contributed by atoms with Crippen LogP contribution in [-0.2, 0) is 19.6 Å². The smallest absolute Gasteiger partial charge is 0.332 e. The molecule has 0 fully saturated rings. The summed E-state index contributed by atoms with van der Waals surface area (Å²) in [5.74, 6) is 0.759. The molecule has 9 heteroatoms. The Morgan fingerprint density at radius 1 is 1.31 bits per heavy atom. The van der Waals surface area contributed by atoms with E-state index in [4.69, 9.17) is 10.5 Å². The van der Waals surface area contributed by atoms with Crippen molar-refractivity contribution in [1.82, 2.24) is 9.13 Å². The highest BCUT2D eigenvalue weighted by molar-refractivity contribution is 9.10. The molecule has 0 spiro atoms. The Kier molecular flexibility index (Phi) is 6.49. The molecular weight excluding hydrogens is 404 g/mol. The van der Waals surface area contributed by atoms with Gasteiger partial charge in [0, 0.05) is 20.1 Å². The summed E-state index contributed by atoms with van der Waals surface area (Å²) in [6.45, 7) is 2.12. The van der Waals surface area contributed by atoms with E-state index in [2.05, 4.69) is 15.9 Å². The minimum Gasteiger partial charge on any atom is -0.496 e. The van der Waals surface area contributed by atoms with Gasteiger partial charge < -0.3 is 20.5 Å². The third-order valence-electron chi connectivity index (χ3n) is 4.10. The zero-order chi connectivity index (χ0) is 19.4. The summed E-state index contributed by atoms with van der Waals surface area (Å²) in [6.07, 6.45) is 0.